The zero-order valence-corrected chi connectivity index (χ0v) is 16.5. The van der Waals surface area contributed by atoms with Crippen LogP contribution in [-0.2, 0) is 6.54 Å². The van der Waals surface area contributed by atoms with Gasteiger partial charge in [0.2, 0.25) is 5.88 Å². The molecule has 0 spiro atoms. The normalized spacial score (nSPS) is 11.3. The molecular formula is C21H20FN3OS. The predicted octanol–water partition coefficient (Wildman–Crippen LogP) is 5.71. The SMILES string of the molecule is Cc1nc(C)c(Cn2c(C)c(C)c3ccnc(Oc4ccc(F)cc4)c32)s1. The number of hydrogen-bond donors (Lipinski definition) is 0. The molecule has 0 atom stereocenters. The van der Waals surface area contributed by atoms with Crippen molar-refractivity contribution < 1.29 is 9.13 Å². The highest BCUT2D eigenvalue weighted by Crippen LogP contribution is 2.34. The number of thiazole rings is 1. The van der Waals surface area contributed by atoms with E-state index in [9.17, 15) is 4.39 Å². The van der Waals surface area contributed by atoms with Crippen LogP contribution >= 0.6 is 11.3 Å². The number of aryl methyl sites for hydroxylation is 3. The molecule has 3 aromatic heterocycles. The minimum absolute atomic E-state index is 0.292. The monoisotopic (exact) mass is 381 g/mol. The second-order valence-electron chi connectivity index (χ2n) is 6.61. The molecular weight excluding hydrogens is 361 g/mol. The Labute approximate surface area is 161 Å². The Balaban J connectivity index is 1.84. The van der Waals surface area contributed by atoms with E-state index < -0.39 is 0 Å². The van der Waals surface area contributed by atoms with Crippen LogP contribution in [0.5, 0.6) is 11.6 Å². The van der Waals surface area contributed by atoms with Crippen molar-refractivity contribution in [3.8, 4) is 11.6 Å². The van der Waals surface area contributed by atoms with Crippen molar-refractivity contribution in [2.24, 2.45) is 0 Å². The molecule has 0 N–H and O–H groups in total. The molecule has 4 nitrogen and oxygen atoms in total. The molecule has 0 radical (unpaired) electrons. The summed E-state index contributed by atoms with van der Waals surface area (Å²) in [5, 5.41) is 2.17. The minimum Gasteiger partial charge on any atom is -0.437 e. The van der Waals surface area contributed by atoms with E-state index in [1.807, 2.05) is 19.9 Å². The zero-order chi connectivity index (χ0) is 19.1. The van der Waals surface area contributed by atoms with Crippen molar-refractivity contribution in [1.29, 1.82) is 0 Å². The molecule has 3 heterocycles. The van der Waals surface area contributed by atoms with Gasteiger partial charge in [-0.2, -0.15) is 0 Å². The second-order valence-corrected chi connectivity index (χ2v) is 7.89. The van der Waals surface area contributed by atoms with Gasteiger partial charge in [0.1, 0.15) is 17.1 Å². The maximum atomic E-state index is 13.2. The van der Waals surface area contributed by atoms with E-state index in [-0.39, 0.29) is 5.82 Å². The Morgan fingerprint density at radius 3 is 2.48 bits per heavy atom. The van der Waals surface area contributed by atoms with Crippen LogP contribution in [0.15, 0.2) is 36.5 Å². The average molecular weight is 381 g/mol. The number of rotatable bonds is 4. The summed E-state index contributed by atoms with van der Waals surface area (Å²) in [5.74, 6) is 0.790. The number of halogens is 1. The molecule has 0 saturated carbocycles. The molecule has 4 rings (SSSR count). The molecule has 0 aliphatic carbocycles. The molecule has 0 fully saturated rings. The predicted molar refractivity (Wildman–Crippen MR) is 106 cm³/mol. The van der Waals surface area contributed by atoms with Gasteiger partial charge in [-0.25, -0.2) is 14.4 Å². The van der Waals surface area contributed by atoms with Crippen LogP contribution in [0.2, 0.25) is 0 Å². The summed E-state index contributed by atoms with van der Waals surface area (Å²) in [7, 11) is 0. The van der Waals surface area contributed by atoms with Gasteiger partial charge in [-0.15, -0.1) is 11.3 Å². The van der Waals surface area contributed by atoms with E-state index >= 15 is 0 Å². The zero-order valence-electron chi connectivity index (χ0n) is 15.7. The largest absolute Gasteiger partial charge is 0.437 e. The lowest BCUT2D eigenvalue weighted by atomic mass is 10.2. The Kier molecular flexibility index (Phi) is 4.44. The van der Waals surface area contributed by atoms with Crippen LogP contribution in [0, 0.1) is 33.5 Å². The Bertz CT molecular complexity index is 1130. The first kappa shape index (κ1) is 17.7. The van der Waals surface area contributed by atoms with E-state index in [1.165, 1.54) is 28.3 Å². The van der Waals surface area contributed by atoms with E-state index in [0.29, 0.717) is 11.6 Å². The lowest BCUT2D eigenvalue weighted by Gasteiger charge is -2.11. The first-order valence-electron chi connectivity index (χ1n) is 8.74. The number of pyridine rings is 1. The quantitative estimate of drug-likeness (QED) is 0.455. The summed E-state index contributed by atoms with van der Waals surface area (Å²) in [4.78, 5) is 10.2. The van der Waals surface area contributed by atoms with E-state index in [0.717, 1.165) is 28.1 Å². The third-order valence-electron chi connectivity index (χ3n) is 4.84. The van der Waals surface area contributed by atoms with Gasteiger partial charge in [-0.3, -0.25) is 0 Å². The smallest absolute Gasteiger partial charge is 0.244 e. The fourth-order valence-corrected chi connectivity index (χ4v) is 4.24. The third-order valence-corrected chi connectivity index (χ3v) is 5.90. The van der Waals surface area contributed by atoms with Gasteiger partial charge in [0, 0.05) is 22.2 Å². The average Bonchev–Trinajstić information content (AvgIpc) is 3.09. The molecule has 0 aliphatic heterocycles. The summed E-state index contributed by atoms with van der Waals surface area (Å²) in [6, 6.07) is 8.00. The van der Waals surface area contributed by atoms with Crippen molar-refractivity contribution in [2.75, 3.05) is 0 Å². The lowest BCUT2D eigenvalue weighted by molar-refractivity contribution is 0.464. The molecule has 0 saturated heterocycles. The number of hydrogen-bond acceptors (Lipinski definition) is 4. The summed E-state index contributed by atoms with van der Waals surface area (Å²) in [5.41, 5.74) is 4.38. The summed E-state index contributed by atoms with van der Waals surface area (Å²) < 4.78 is 21.5. The van der Waals surface area contributed by atoms with Crippen LogP contribution in [0.3, 0.4) is 0 Å². The van der Waals surface area contributed by atoms with Crippen molar-refractivity contribution in [1.82, 2.24) is 14.5 Å². The van der Waals surface area contributed by atoms with E-state index in [4.69, 9.17) is 4.74 Å². The van der Waals surface area contributed by atoms with Gasteiger partial charge in [0.15, 0.2) is 0 Å². The van der Waals surface area contributed by atoms with E-state index in [1.54, 1.807) is 29.7 Å². The molecule has 138 valence electrons. The first-order valence-corrected chi connectivity index (χ1v) is 9.56. The standard InChI is InChI=1S/C21H20FN3OS/c1-12-14(3)25(11-19-13(2)24-15(4)27-19)20-18(12)9-10-23-21(20)26-17-7-5-16(22)6-8-17/h5-10H,11H2,1-4H3. The second kappa shape index (κ2) is 6.78. The Morgan fingerprint density at radius 2 is 1.81 bits per heavy atom. The molecule has 4 aromatic rings. The highest BCUT2D eigenvalue weighted by molar-refractivity contribution is 7.11. The molecule has 0 unspecified atom stereocenters. The van der Waals surface area contributed by atoms with Crippen LogP contribution in [0.4, 0.5) is 4.39 Å². The van der Waals surface area contributed by atoms with Gasteiger partial charge in [-0.05, 0) is 63.6 Å². The first-order chi connectivity index (χ1) is 12.9. The topological polar surface area (TPSA) is 39.9 Å². The van der Waals surface area contributed by atoms with Crippen molar-refractivity contribution in [3.05, 3.63) is 69.2 Å². The van der Waals surface area contributed by atoms with Crippen LogP contribution < -0.4 is 4.74 Å². The number of benzene rings is 1. The molecule has 1 aromatic carbocycles. The maximum absolute atomic E-state index is 13.2. The van der Waals surface area contributed by atoms with Gasteiger partial charge in [0.25, 0.3) is 0 Å². The van der Waals surface area contributed by atoms with Gasteiger partial charge in [0.05, 0.1) is 17.2 Å². The molecule has 0 aliphatic rings. The van der Waals surface area contributed by atoms with Crippen molar-refractivity contribution in [3.63, 3.8) is 0 Å². The Hall–Kier alpha value is -2.73. The van der Waals surface area contributed by atoms with Crippen molar-refractivity contribution >= 4 is 22.2 Å². The van der Waals surface area contributed by atoms with Gasteiger partial charge < -0.3 is 9.30 Å². The summed E-state index contributed by atoms with van der Waals surface area (Å²) in [6.45, 7) is 9.01. The molecule has 0 bridgehead atoms. The molecule has 27 heavy (non-hydrogen) atoms. The number of nitrogens with zero attached hydrogens (tertiary/aromatic N) is 3. The van der Waals surface area contributed by atoms with Crippen LogP contribution in [0.25, 0.3) is 10.9 Å². The highest BCUT2D eigenvalue weighted by atomic mass is 32.1. The molecule has 6 heteroatoms. The number of ether oxygens (including phenoxy) is 1. The maximum Gasteiger partial charge on any atom is 0.244 e. The van der Waals surface area contributed by atoms with E-state index in [2.05, 4.69) is 28.4 Å². The lowest BCUT2D eigenvalue weighted by Crippen LogP contribution is -2.03. The Morgan fingerprint density at radius 1 is 1.07 bits per heavy atom. The highest BCUT2D eigenvalue weighted by Gasteiger charge is 2.18. The fourth-order valence-electron chi connectivity index (χ4n) is 3.31. The minimum atomic E-state index is -0.292. The summed E-state index contributed by atoms with van der Waals surface area (Å²) in [6.07, 6.45) is 1.75. The third kappa shape index (κ3) is 3.21. The van der Waals surface area contributed by atoms with Crippen molar-refractivity contribution in [2.45, 2.75) is 34.2 Å². The summed E-state index contributed by atoms with van der Waals surface area (Å²) >= 11 is 1.71. The van der Waals surface area contributed by atoms with Crippen LogP contribution in [-0.4, -0.2) is 14.5 Å². The fraction of sp³-hybridized carbons (Fsp3) is 0.238. The van der Waals surface area contributed by atoms with Gasteiger partial charge in [-0.1, -0.05) is 0 Å². The number of aromatic nitrogens is 3. The number of fused-ring (bicyclic) bond motifs is 1. The molecule has 0 amide bonds. The van der Waals surface area contributed by atoms with Crippen LogP contribution in [0.1, 0.15) is 26.8 Å². The van der Waals surface area contributed by atoms with Gasteiger partial charge >= 0.3 is 0 Å².